The molecule has 5 rings (SSSR count). The number of amides is 1. The zero-order valence-corrected chi connectivity index (χ0v) is 18.5. The number of hydrogen-bond acceptors (Lipinski definition) is 3. The number of rotatable bonds is 5. The monoisotopic (exact) mass is 425 g/mol. The lowest BCUT2D eigenvalue weighted by molar-refractivity contribution is 0.0626. The molecule has 0 aliphatic heterocycles. The van der Waals surface area contributed by atoms with E-state index in [0.717, 1.165) is 36.3 Å². The van der Waals surface area contributed by atoms with Crippen LogP contribution in [0.2, 0.25) is 0 Å². The maximum absolute atomic E-state index is 13.8. The highest BCUT2D eigenvalue weighted by molar-refractivity contribution is 5.92. The quantitative estimate of drug-likeness (QED) is 0.468. The standard InChI is InChI=1S/C26H27N5O/c1-19-17-24(28-29(19)2)26(32)30(25-14-8-10-20-9-6-7-13-23(20)25)18-22-15-16-27-31(22)21-11-4-3-5-12-21/h3-7,9,11-13,15-17,25H,8,10,14,18H2,1-2H3/t25-/m1/s1. The van der Waals surface area contributed by atoms with Crippen molar-refractivity contribution in [1.82, 2.24) is 24.5 Å². The number of benzene rings is 2. The fraction of sp³-hybridized carbons (Fsp3) is 0.269. The highest BCUT2D eigenvalue weighted by Crippen LogP contribution is 2.36. The lowest BCUT2D eigenvalue weighted by Gasteiger charge is -2.35. The summed E-state index contributed by atoms with van der Waals surface area (Å²) in [5, 5.41) is 9.03. The molecule has 0 spiro atoms. The SMILES string of the molecule is Cc1cc(C(=O)N(Cc2ccnn2-c2ccccc2)[C@@H]2CCCc3ccccc32)nn1C. The Balaban J connectivity index is 1.56. The smallest absolute Gasteiger partial charge is 0.275 e. The Hall–Kier alpha value is -3.67. The van der Waals surface area contributed by atoms with Crippen molar-refractivity contribution in [2.24, 2.45) is 7.05 Å². The largest absolute Gasteiger partial charge is 0.324 e. The van der Waals surface area contributed by atoms with Gasteiger partial charge in [-0.25, -0.2) is 4.68 Å². The number of nitrogens with zero attached hydrogens (tertiary/aromatic N) is 5. The third kappa shape index (κ3) is 3.73. The zero-order chi connectivity index (χ0) is 22.1. The Morgan fingerprint density at radius 2 is 1.88 bits per heavy atom. The molecule has 162 valence electrons. The lowest BCUT2D eigenvalue weighted by Crippen LogP contribution is -2.37. The molecule has 0 saturated carbocycles. The second-order valence-electron chi connectivity index (χ2n) is 8.40. The summed E-state index contributed by atoms with van der Waals surface area (Å²) in [6.07, 6.45) is 4.85. The molecule has 32 heavy (non-hydrogen) atoms. The minimum atomic E-state index is -0.0452. The summed E-state index contributed by atoms with van der Waals surface area (Å²) in [4.78, 5) is 15.8. The van der Waals surface area contributed by atoms with Crippen LogP contribution in [0, 0.1) is 6.92 Å². The van der Waals surface area contributed by atoms with Crippen LogP contribution in [0.3, 0.4) is 0 Å². The fourth-order valence-electron chi connectivity index (χ4n) is 4.61. The van der Waals surface area contributed by atoms with E-state index in [1.165, 1.54) is 11.1 Å². The first kappa shape index (κ1) is 20.2. The van der Waals surface area contributed by atoms with Crippen LogP contribution in [0.4, 0.5) is 0 Å². The van der Waals surface area contributed by atoms with Crippen molar-refractivity contribution in [3.05, 3.63) is 101 Å². The van der Waals surface area contributed by atoms with E-state index < -0.39 is 0 Å². The topological polar surface area (TPSA) is 56.0 Å². The molecule has 0 radical (unpaired) electrons. The second-order valence-corrected chi connectivity index (χ2v) is 8.40. The average Bonchev–Trinajstić information content (AvgIpc) is 3.43. The molecule has 0 bridgehead atoms. The third-order valence-corrected chi connectivity index (χ3v) is 6.36. The van der Waals surface area contributed by atoms with Crippen LogP contribution in [0.15, 0.2) is 72.9 Å². The van der Waals surface area contributed by atoms with Crippen LogP contribution in [-0.4, -0.2) is 30.4 Å². The minimum Gasteiger partial charge on any atom is -0.324 e. The molecule has 0 saturated heterocycles. The summed E-state index contributed by atoms with van der Waals surface area (Å²) in [7, 11) is 1.87. The van der Waals surface area contributed by atoms with E-state index in [1.54, 1.807) is 10.9 Å². The van der Waals surface area contributed by atoms with E-state index in [0.29, 0.717) is 12.2 Å². The Kier molecular flexibility index (Phi) is 5.35. The number of hydrogen-bond donors (Lipinski definition) is 0. The predicted octanol–water partition coefficient (Wildman–Crippen LogP) is 4.63. The molecule has 1 atom stereocenters. The molecule has 0 N–H and O–H groups in total. The van der Waals surface area contributed by atoms with E-state index in [-0.39, 0.29) is 11.9 Å². The van der Waals surface area contributed by atoms with Crippen LogP contribution < -0.4 is 0 Å². The Bertz CT molecular complexity index is 1220. The molecule has 2 aromatic carbocycles. The Morgan fingerprint density at radius 3 is 2.66 bits per heavy atom. The molecule has 6 nitrogen and oxygen atoms in total. The van der Waals surface area contributed by atoms with Gasteiger partial charge in [0.15, 0.2) is 5.69 Å². The van der Waals surface area contributed by atoms with E-state index in [1.807, 2.05) is 66.0 Å². The molecule has 0 fully saturated rings. The van der Waals surface area contributed by atoms with Crippen molar-refractivity contribution in [3.63, 3.8) is 0 Å². The number of aryl methyl sites for hydroxylation is 3. The summed E-state index contributed by atoms with van der Waals surface area (Å²) in [6, 6.07) is 22.4. The predicted molar refractivity (Wildman–Crippen MR) is 124 cm³/mol. The number of para-hydroxylation sites is 1. The van der Waals surface area contributed by atoms with Crippen LogP contribution >= 0.6 is 0 Å². The maximum Gasteiger partial charge on any atom is 0.275 e. The first-order chi connectivity index (χ1) is 15.6. The van der Waals surface area contributed by atoms with Gasteiger partial charge in [-0.15, -0.1) is 0 Å². The van der Waals surface area contributed by atoms with E-state index in [2.05, 4.69) is 34.5 Å². The van der Waals surface area contributed by atoms with Gasteiger partial charge in [0.2, 0.25) is 0 Å². The van der Waals surface area contributed by atoms with Gasteiger partial charge in [0.05, 0.1) is 24.0 Å². The molecule has 4 aromatic rings. The molecule has 1 aliphatic rings. The normalized spacial score (nSPS) is 15.4. The molecule has 6 heteroatoms. The van der Waals surface area contributed by atoms with Gasteiger partial charge in [0, 0.05) is 18.9 Å². The molecular formula is C26H27N5O. The van der Waals surface area contributed by atoms with Crippen molar-refractivity contribution < 1.29 is 4.79 Å². The van der Waals surface area contributed by atoms with Crippen molar-refractivity contribution in [1.29, 1.82) is 0 Å². The summed E-state index contributed by atoms with van der Waals surface area (Å²) < 4.78 is 3.67. The highest BCUT2D eigenvalue weighted by atomic mass is 16.2. The van der Waals surface area contributed by atoms with Crippen molar-refractivity contribution >= 4 is 5.91 Å². The summed E-state index contributed by atoms with van der Waals surface area (Å²) in [5.41, 5.74) is 5.98. The van der Waals surface area contributed by atoms with Crippen molar-refractivity contribution in [2.45, 2.75) is 38.8 Å². The van der Waals surface area contributed by atoms with Gasteiger partial charge in [0.25, 0.3) is 5.91 Å². The van der Waals surface area contributed by atoms with E-state index >= 15 is 0 Å². The molecule has 1 aliphatic carbocycles. The van der Waals surface area contributed by atoms with Crippen LogP contribution in [-0.2, 0) is 20.0 Å². The Labute approximate surface area is 188 Å². The summed E-state index contributed by atoms with van der Waals surface area (Å²) >= 11 is 0. The first-order valence-electron chi connectivity index (χ1n) is 11.1. The van der Waals surface area contributed by atoms with Crippen LogP contribution in [0.25, 0.3) is 5.69 Å². The molecular weight excluding hydrogens is 398 g/mol. The summed E-state index contributed by atoms with van der Waals surface area (Å²) in [6.45, 7) is 2.43. The second kappa shape index (κ2) is 8.46. The van der Waals surface area contributed by atoms with Crippen molar-refractivity contribution in [2.75, 3.05) is 0 Å². The number of carbonyl (C=O) groups is 1. The molecule has 0 unspecified atom stereocenters. The molecule has 2 heterocycles. The number of aromatic nitrogens is 4. The van der Waals surface area contributed by atoms with Gasteiger partial charge in [0.1, 0.15) is 0 Å². The van der Waals surface area contributed by atoms with Gasteiger partial charge in [-0.2, -0.15) is 10.2 Å². The molecule has 2 aromatic heterocycles. The highest BCUT2D eigenvalue weighted by Gasteiger charge is 2.32. The first-order valence-corrected chi connectivity index (χ1v) is 11.1. The zero-order valence-electron chi connectivity index (χ0n) is 18.5. The minimum absolute atomic E-state index is 0.00823. The van der Waals surface area contributed by atoms with Crippen LogP contribution in [0.1, 0.15) is 51.9 Å². The maximum atomic E-state index is 13.8. The average molecular weight is 426 g/mol. The van der Waals surface area contributed by atoms with Gasteiger partial charge >= 0.3 is 0 Å². The van der Waals surface area contributed by atoms with E-state index in [4.69, 9.17) is 0 Å². The Morgan fingerprint density at radius 1 is 1.09 bits per heavy atom. The van der Waals surface area contributed by atoms with Gasteiger partial charge in [-0.05, 0) is 61.6 Å². The number of carbonyl (C=O) groups excluding carboxylic acids is 1. The fourth-order valence-corrected chi connectivity index (χ4v) is 4.61. The van der Waals surface area contributed by atoms with Crippen LogP contribution in [0.5, 0.6) is 0 Å². The third-order valence-electron chi connectivity index (χ3n) is 6.36. The van der Waals surface area contributed by atoms with Gasteiger partial charge in [-0.3, -0.25) is 9.48 Å². The lowest BCUT2D eigenvalue weighted by atomic mass is 9.86. The van der Waals surface area contributed by atoms with Crippen molar-refractivity contribution in [3.8, 4) is 5.69 Å². The van der Waals surface area contributed by atoms with Gasteiger partial charge < -0.3 is 4.90 Å². The van der Waals surface area contributed by atoms with E-state index in [9.17, 15) is 4.79 Å². The molecule has 1 amide bonds. The van der Waals surface area contributed by atoms with Gasteiger partial charge in [-0.1, -0.05) is 42.5 Å². The summed E-state index contributed by atoms with van der Waals surface area (Å²) in [5.74, 6) is -0.0452. The number of fused-ring (bicyclic) bond motifs is 1.